The highest BCUT2D eigenvalue weighted by molar-refractivity contribution is 6.01. The summed E-state index contributed by atoms with van der Waals surface area (Å²) in [6, 6.07) is 9.25. The Balaban J connectivity index is 1.16. The van der Waals surface area contributed by atoms with Gasteiger partial charge in [-0.25, -0.2) is 0 Å². The molecule has 0 amide bonds. The molecule has 9 nitrogen and oxygen atoms in total. The predicted molar refractivity (Wildman–Crippen MR) is 250 cm³/mol. The van der Waals surface area contributed by atoms with Gasteiger partial charge in [-0.05, 0) is 136 Å². The van der Waals surface area contributed by atoms with Gasteiger partial charge in [-0.1, -0.05) is 70.2 Å². The first-order chi connectivity index (χ1) is 30.4. The average molecular weight is 872 g/mol. The lowest BCUT2D eigenvalue weighted by atomic mass is 9.33. The molecule has 2 bridgehead atoms. The Morgan fingerprint density at radius 1 is 1.06 bits per heavy atom. The van der Waals surface area contributed by atoms with Gasteiger partial charge in [0.05, 0.1) is 28.8 Å². The highest BCUT2D eigenvalue weighted by Gasteiger charge is 2.74. The zero-order valence-electron chi connectivity index (χ0n) is 40.0. The second-order valence-corrected chi connectivity index (χ2v) is 23.1. The fraction of sp³-hybridized carbons (Fsp3) is 0.673. The number of carbonyl (C=O) groups excluding carboxylic acids is 2. The molecule has 344 valence electrons. The Hall–Kier alpha value is -3.52. The third-order valence-electron chi connectivity index (χ3n) is 19.2. The van der Waals surface area contributed by atoms with Crippen LogP contribution in [0, 0.1) is 70.0 Å². The maximum atomic E-state index is 15.0. The van der Waals surface area contributed by atoms with E-state index < -0.39 is 33.9 Å². The smallest absolute Gasteiger partial charge is 0.160 e. The quantitative estimate of drug-likeness (QED) is 0.119. The van der Waals surface area contributed by atoms with E-state index >= 15 is 4.79 Å². The molecule has 4 N–H and O–H groups in total. The van der Waals surface area contributed by atoms with E-state index in [2.05, 4.69) is 92.5 Å². The zero-order valence-corrected chi connectivity index (χ0v) is 40.0. The Kier molecular flexibility index (Phi) is 10.7. The van der Waals surface area contributed by atoms with Crippen molar-refractivity contribution in [3.63, 3.8) is 0 Å². The van der Waals surface area contributed by atoms with Gasteiger partial charge in [0.1, 0.15) is 11.9 Å². The van der Waals surface area contributed by atoms with Crippen LogP contribution in [0.2, 0.25) is 0 Å². The number of allylic oxidation sites excluding steroid dienone is 1. The van der Waals surface area contributed by atoms with Crippen LogP contribution in [-0.4, -0.2) is 82.0 Å². The number of carbonyl (C=O) groups is 2. The molecule has 0 spiro atoms. The number of aromatic amines is 1. The number of H-pyrrole nitrogens is 1. The number of rotatable bonds is 10. The van der Waals surface area contributed by atoms with Crippen molar-refractivity contribution >= 4 is 22.6 Å². The van der Waals surface area contributed by atoms with E-state index in [0.717, 1.165) is 86.2 Å². The number of hydrogen-bond acceptors (Lipinski definition) is 7. The second-order valence-electron chi connectivity index (χ2n) is 23.1. The first-order valence-corrected chi connectivity index (χ1v) is 24.7. The minimum absolute atomic E-state index is 0.0294. The van der Waals surface area contributed by atoms with Crippen LogP contribution in [-0.2, 0) is 38.4 Å². The fourth-order valence-electron chi connectivity index (χ4n) is 15.8. The first kappa shape index (κ1) is 44.3. The number of fused-ring (bicyclic) bond motifs is 7. The van der Waals surface area contributed by atoms with Crippen molar-refractivity contribution < 1.29 is 29.3 Å². The van der Waals surface area contributed by atoms with Crippen LogP contribution in [0.5, 0.6) is 0 Å². The molecule has 0 radical (unpaired) electrons. The van der Waals surface area contributed by atoms with E-state index in [1.807, 2.05) is 27.1 Å². The van der Waals surface area contributed by atoms with Gasteiger partial charge in [-0.3, -0.25) is 9.59 Å². The van der Waals surface area contributed by atoms with Crippen molar-refractivity contribution in [3.05, 3.63) is 69.6 Å². The molecule has 2 aromatic heterocycles. The maximum absolute atomic E-state index is 15.0. The SMILES string of the molecule is CNCC[C@]1(C)C(=O)C[C@@H]2C#CCc3c(Cc4cc(C)cc(C5CCOCC5)c4)c4[nH]ccc4n3C[C@H]3C4=C([C@H](C)C[C@@H](O)[C@H]5OC5(C)C)C(=O)C[C@]4(C)[C@@]4(C)CC[C@@H]1[C@]2(C)[C@H]4[C@@H]3O. The number of benzene rings is 1. The molecule has 1 aromatic carbocycles. The van der Waals surface area contributed by atoms with E-state index in [4.69, 9.17) is 9.47 Å². The van der Waals surface area contributed by atoms with Crippen molar-refractivity contribution in [1.82, 2.24) is 14.9 Å². The lowest BCUT2D eigenvalue weighted by Gasteiger charge is -2.71. The van der Waals surface area contributed by atoms with Gasteiger partial charge in [-0.2, -0.15) is 0 Å². The molecule has 2 saturated heterocycles. The highest BCUT2D eigenvalue weighted by atomic mass is 16.6. The van der Waals surface area contributed by atoms with Crippen molar-refractivity contribution in [2.24, 2.45) is 51.2 Å². The van der Waals surface area contributed by atoms with Crippen LogP contribution in [0.15, 0.2) is 41.6 Å². The average Bonchev–Trinajstić information content (AvgIpc) is 3.48. The number of ether oxygens (including phenoxy) is 2. The molecule has 64 heavy (non-hydrogen) atoms. The van der Waals surface area contributed by atoms with Gasteiger partial charge in [0.15, 0.2) is 5.78 Å². The number of nitrogens with zero attached hydrogens (tertiary/aromatic N) is 1. The van der Waals surface area contributed by atoms with Gasteiger partial charge in [0.25, 0.3) is 0 Å². The topological polar surface area (TPSA) is 129 Å². The number of epoxide rings is 1. The van der Waals surface area contributed by atoms with Crippen LogP contribution >= 0.6 is 0 Å². The molecule has 5 heterocycles. The molecule has 7 aliphatic rings. The van der Waals surface area contributed by atoms with Crippen molar-refractivity contribution in [2.75, 3.05) is 26.8 Å². The monoisotopic (exact) mass is 872 g/mol. The normalized spacial score (nSPS) is 37.7. The number of nitrogens with one attached hydrogen (secondary N) is 2. The molecular formula is C55H73N3O6. The summed E-state index contributed by atoms with van der Waals surface area (Å²) < 4.78 is 14.1. The summed E-state index contributed by atoms with van der Waals surface area (Å²) in [6.45, 7) is 20.5. The van der Waals surface area contributed by atoms with E-state index in [-0.39, 0.29) is 47.1 Å². The molecule has 12 atom stereocenters. The molecule has 5 fully saturated rings. The number of aliphatic hydroxyl groups is 2. The lowest BCUT2D eigenvalue weighted by molar-refractivity contribution is -0.232. The van der Waals surface area contributed by atoms with Gasteiger partial charge in [0, 0.05) is 85.6 Å². The summed E-state index contributed by atoms with van der Waals surface area (Å²) in [5, 5.41) is 28.7. The van der Waals surface area contributed by atoms with Gasteiger partial charge < -0.3 is 34.6 Å². The molecule has 10 rings (SSSR count). The molecule has 3 aliphatic heterocycles. The highest BCUT2D eigenvalue weighted by Crippen LogP contribution is 2.76. The first-order valence-electron chi connectivity index (χ1n) is 24.7. The van der Waals surface area contributed by atoms with E-state index in [1.54, 1.807) is 0 Å². The summed E-state index contributed by atoms with van der Waals surface area (Å²) in [5.41, 5.74) is 7.97. The largest absolute Gasteiger partial charge is 0.392 e. The Bertz CT molecular complexity index is 2480. The minimum Gasteiger partial charge on any atom is -0.392 e. The van der Waals surface area contributed by atoms with E-state index in [0.29, 0.717) is 43.9 Å². The number of aryl methyl sites for hydroxylation is 1. The van der Waals surface area contributed by atoms with Crippen LogP contribution in [0.3, 0.4) is 0 Å². The predicted octanol–water partition coefficient (Wildman–Crippen LogP) is 8.40. The van der Waals surface area contributed by atoms with Crippen LogP contribution in [0.25, 0.3) is 11.0 Å². The lowest BCUT2D eigenvalue weighted by Crippen LogP contribution is -2.70. The number of Topliss-reactive ketones (excluding diaryl/α,β-unsaturated/α-hetero) is 2. The summed E-state index contributed by atoms with van der Waals surface area (Å²) in [7, 11) is 1.96. The number of hydrogen-bond donors (Lipinski definition) is 4. The maximum Gasteiger partial charge on any atom is 0.160 e. The molecular weight excluding hydrogens is 799 g/mol. The van der Waals surface area contributed by atoms with Gasteiger partial charge in [-0.15, -0.1) is 0 Å². The number of aliphatic hydroxyl groups excluding tert-OH is 2. The van der Waals surface area contributed by atoms with Crippen LogP contribution in [0.1, 0.15) is 134 Å². The third-order valence-corrected chi connectivity index (χ3v) is 19.2. The third kappa shape index (κ3) is 6.49. The minimum atomic E-state index is -0.791. The molecule has 4 aliphatic carbocycles. The Morgan fingerprint density at radius 2 is 1.81 bits per heavy atom. The van der Waals surface area contributed by atoms with Crippen LogP contribution < -0.4 is 5.32 Å². The number of ketones is 2. The number of aromatic nitrogens is 2. The zero-order chi connectivity index (χ0) is 45.3. The standard InChI is InChI=1S/C55H73N3O6/c1-31-23-33(26-35(24-31)34-15-21-63-22-16-34)27-37-39-12-10-11-36-28-44(61)52(5,18-20-56-9)43-13-17-53(6)49(55(36,43)8)48(62)38(30-58(39)40-14-19-57-47(37)40)46-45(42(60)29-54(46,53)7)32(2)25-41(59)50-51(3,4)64-50/h14,19,23-24,26,32,34,36,38,41,43,48-50,56-57,59,62H,12-13,15-18,20-22,25,27-30H2,1-9H3/t32-,36+,38+,41-,43+,48-,49+,50-,52+,53+,54+,55-/m1/s1. The van der Waals surface area contributed by atoms with Crippen molar-refractivity contribution in [1.29, 1.82) is 0 Å². The summed E-state index contributed by atoms with van der Waals surface area (Å²) in [4.78, 5) is 33.4. The molecule has 3 aromatic rings. The van der Waals surface area contributed by atoms with Crippen LogP contribution in [0.4, 0.5) is 0 Å². The summed E-state index contributed by atoms with van der Waals surface area (Å²) in [6.07, 6.45) is 7.20. The van der Waals surface area contributed by atoms with E-state index in [1.165, 1.54) is 22.3 Å². The van der Waals surface area contributed by atoms with Crippen molar-refractivity contribution in [2.45, 2.75) is 156 Å². The fourth-order valence-corrected chi connectivity index (χ4v) is 15.8. The van der Waals surface area contributed by atoms with Gasteiger partial charge in [0.2, 0.25) is 0 Å². The molecule has 0 unspecified atom stereocenters. The Labute approximate surface area is 380 Å². The summed E-state index contributed by atoms with van der Waals surface area (Å²) in [5.74, 6) is 7.53. The molecule has 3 saturated carbocycles. The Morgan fingerprint density at radius 3 is 2.53 bits per heavy atom. The van der Waals surface area contributed by atoms with E-state index in [9.17, 15) is 15.0 Å². The second kappa shape index (κ2) is 15.5. The summed E-state index contributed by atoms with van der Waals surface area (Å²) >= 11 is 0. The van der Waals surface area contributed by atoms with Gasteiger partial charge >= 0.3 is 0 Å². The van der Waals surface area contributed by atoms with Crippen molar-refractivity contribution in [3.8, 4) is 11.8 Å². The molecule has 9 heteroatoms.